The highest BCUT2D eigenvalue weighted by Gasteiger charge is 2.19. The molecule has 4 aromatic rings. The number of nitrogens with zero attached hydrogens (tertiary/aromatic N) is 5. The minimum Gasteiger partial charge on any atom is -0.263 e. The highest BCUT2D eigenvalue weighted by atomic mass is 35.5. The van der Waals surface area contributed by atoms with Gasteiger partial charge in [-0.2, -0.15) is 10.4 Å². The van der Waals surface area contributed by atoms with Gasteiger partial charge in [0.15, 0.2) is 0 Å². The maximum Gasteiger partial charge on any atom is 0.211 e. The molecule has 0 fully saturated rings. The Hall–Kier alpha value is -2.37. The quantitative estimate of drug-likeness (QED) is 0.283. The van der Waals surface area contributed by atoms with Crippen LogP contribution in [0.2, 0.25) is 10.0 Å². The van der Waals surface area contributed by atoms with Crippen LogP contribution in [0, 0.1) is 18.3 Å². The average molecular weight is 486 g/mol. The van der Waals surface area contributed by atoms with Crippen LogP contribution in [-0.2, 0) is 0 Å². The van der Waals surface area contributed by atoms with E-state index in [9.17, 15) is 5.26 Å². The Morgan fingerprint density at radius 1 is 1.13 bits per heavy atom. The zero-order chi connectivity index (χ0) is 22.1. The van der Waals surface area contributed by atoms with Crippen molar-refractivity contribution in [2.45, 2.75) is 30.2 Å². The van der Waals surface area contributed by atoms with E-state index < -0.39 is 0 Å². The standard InChI is InChI=1S/C22H17Cl2N5S2/c1-12(2)30-21-20(15-4-5-18(23)19(24)7-15)27-22(31-21)29-11-17(13(3)28-29)16-6-14(8-25)9-26-10-16/h4-7,9-12H,1-3H3. The van der Waals surface area contributed by atoms with Gasteiger partial charge in [0.1, 0.15) is 6.07 Å². The maximum absolute atomic E-state index is 9.17. The Balaban J connectivity index is 1.79. The van der Waals surface area contributed by atoms with Gasteiger partial charge in [-0.25, -0.2) is 9.67 Å². The van der Waals surface area contributed by atoms with E-state index in [2.05, 4.69) is 30.0 Å². The molecule has 0 unspecified atom stereocenters. The van der Waals surface area contributed by atoms with Crippen molar-refractivity contribution in [3.05, 3.63) is 64.2 Å². The third kappa shape index (κ3) is 4.63. The molecule has 0 aliphatic heterocycles. The summed E-state index contributed by atoms with van der Waals surface area (Å²) in [5, 5.41) is 16.0. The number of hydrogen-bond donors (Lipinski definition) is 0. The Bertz CT molecular complexity index is 1300. The van der Waals surface area contributed by atoms with Gasteiger partial charge in [-0.1, -0.05) is 54.5 Å². The van der Waals surface area contributed by atoms with E-state index in [1.54, 1.807) is 46.2 Å². The molecule has 0 spiro atoms. The van der Waals surface area contributed by atoms with Gasteiger partial charge in [-0.3, -0.25) is 4.98 Å². The predicted molar refractivity (Wildman–Crippen MR) is 128 cm³/mol. The number of nitriles is 1. The second-order valence-corrected chi connectivity index (χ2v) is 10.7. The number of rotatable bonds is 5. The molecule has 3 heterocycles. The molecule has 0 atom stereocenters. The maximum atomic E-state index is 9.17. The van der Waals surface area contributed by atoms with Gasteiger partial charge >= 0.3 is 0 Å². The molecule has 9 heteroatoms. The van der Waals surface area contributed by atoms with Crippen LogP contribution in [0.5, 0.6) is 0 Å². The number of aryl methyl sites for hydroxylation is 1. The normalized spacial score (nSPS) is 11.1. The molecule has 0 saturated carbocycles. The first kappa shape index (κ1) is 21.8. The number of pyridine rings is 1. The second-order valence-electron chi connectivity index (χ2n) is 7.07. The smallest absolute Gasteiger partial charge is 0.211 e. The fourth-order valence-electron chi connectivity index (χ4n) is 3.00. The molecule has 0 amide bonds. The number of halogens is 2. The summed E-state index contributed by atoms with van der Waals surface area (Å²) in [7, 11) is 0. The fourth-order valence-corrected chi connectivity index (χ4v) is 5.75. The van der Waals surface area contributed by atoms with Crippen molar-refractivity contribution in [2.24, 2.45) is 0 Å². The number of aromatic nitrogens is 4. The third-order valence-electron chi connectivity index (χ3n) is 4.39. The summed E-state index contributed by atoms with van der Waals surface area (Å²) in [5.74, 6) is 0. The summed E-state index contributed by atoms with van der Waals surface area (Å²) in [4.78, 5) is 9.05. The van der Waals surface area contributed by atoms with Gasteiger partial charge in [0.2, 0.25) is 5.13 Å². The predicted octanol–water partition coefficient (Wildman–Crippen LogP) is 7.05. The number of hydrogen-bond acceptors (Lipinski definition) is 6. The van der Waals surface area contributed by atoms with Crippen LogP contribution in [-0.4, -0.2) is 25.0 Å². The van der Waals surface area contributed by atoms with Gasteiger partial charge in [0, 0.05) is 40.5 Å². The summed E-state index contributed by atoms with van der Waals surface area (Å²) in [6.45, 7) is 6.23. The van der Waals surface area contributed by atoms with E-state index in [1.807, 2.05) is 31.3 Å². The van der Waals surface area contributed by atoms with Crippen LogP contribution < -0.4 is 0 Å². The SMILES string of the molecule is Cc1nn(-c2nc(-c3ccc(Cl)c(Cl)c3)c(SC(C)C)s2)cc1-c1cncc(C#N)c1. The summed E-state index contributed by atoms with van der Waals surface area (Å²) in [5.41, 5.74) is 4.88. The first-order valence-electron chi connectivity index (χ1n) is 9.40. The van der Waals surface area contributed by atoms with E-state index >= 15 is 0 Å². The van der Waals surface area contributed by atoms with E-state index in [-0.39, 0.29) is 0 Å². The van der Waals surface area contributed by atoms with Crippen LogP contribution in [0.15, 0.2) is 47.1 Å². The average Bonchev–Trinajstić information content (AvgIpc) is 3.33. The number of thioether (sulfide) groups is 1. The Morgan fingerprint density at radius 3 is 2.65 bits per heavy atom. The molecular weight excluding hydrogens is 469 g/mol. The van der Waals surface area contributed by atoms with E-state index in [0.29, 0.717) is 20.9 Å². The van der Waals surface area contributed by atoms with Crippen molar-refractivity contribution in [2.75, 3.05) is 0 Å². The third-order valence-corrected chi connectivity index (χ3v) is 7.39. The molecule has 0 saturated heterocycles. The van der Waals surface area contributed by atoms with Gasteiger partial charge in [-0.15, -0.1) is 11.8 Å². The molecule has 0 N–H and O–H groups in total. The van der Waals surface area contributed by atoms with Crippen molar-refractivity contribution < 1.29 is 0 Å². The van der Waals surface area contributed by atoms with Crippen molar-refractivity contribution in [1.29, 1.82) is 5.26 Å². The van der Waals surface area contributed by atoms with Crippen LogP contribution in [0.3, 0.4) is 0 Å². The first-order chi connectivity index (χ1) is 14.9. The lowest BCUT2D eigenvalue weighted by molar-refractivity contribution is 0.853. The van der Waals surface area contributed by atoms with Crippen LogP contribution in [0.1, 0.15) is 25.1 Å². The summed E-state index contributed by atoms with van der Waals surface area (Å²) >= 11 is 15.7. The Labute approximate surface area is 198 Å². The molecular formula is C22H17Cl2N5S2. The van der Waals surface area contributed by atoms with Gasteiger partial charge in [0.05, 0.1) is 31.2 Å². The molecule has 5 nitrogen and oxygen atoms in total. The summed E-state index contributed by atoms with van der Waals surface area (Å²) in [6, 6.07) is 9.49. The lowest BCUT2D eigenvalue weighted by atomic mass is 10.1. The van der Waals surface area contributed by atoms with Crippen molar-refractivity contribution in [1.82, 2.24) is 19.7 Å². The Kier molecular flexibility index (Phi) is 6.35. The van der Waals surface area contributed by atoms with Crippen molar-refractivity contribution in [3.63, 3.8) is 0 Å². The molecule has 156 valence electrons. The molecule has 0 bridgehead atoms. The molecule has 0 radical (unpaired) electrons. The van der Waals surface area contributed by atoms with Gasteiger partial charge in [-0.05, 0) is 25.1 Å². The molecule has 31 heavy (non-hydrogen) atoms. The molecule has 0 aliphatic carbocycles. The minimum absolute atomic E-state index is 0.393. The zero-order valence-corrected chi connectivity index (χ0v) is 20.1. The fraction of sp³-hybridized carbons (Fsp3) is 0.182. The zero-order valence-electron chi connectivity index (χ0n) is 16.9. The molecule has 0 aliphatic rings. The second kappa shape index (κ2) is 9.01. The first-order valence-corrected chi connectivity index (χ1v) is 11.9. The van der Waals surface area contributed by atoms with Crippen molar-refractivity contribution in [3.8, 4) is 33.6 Å². The number of thiazole rings is 1. The van der Waals surface area contributed by atoms with E-state index in [4.69, 9.17) is 28.2 Å². The minimum atomic E-state index is 0.393. The van der Waals surface area contributed by atoms with Gasteiger partial charge < -0.3 is 0 Å². The monoisotopic (exact) mass is 485 g/mol. The van der Waals surface area contributed by atoms with Crippen LogP contribution in [0.25, 0.3) is 27.5 Å². The molecule has 1 aromatic carbocycles. The topological polar surface area (TPSA) is 67.4 Å². The van der Waals surface area contributed by atoms with Crippen LogP contribution in [0.4, 0.5) is 0 Å². The van der Waals surface area contributed by atoms with E-state index in [0.717, 1.165) is 37.4 Å². The summed E-state index contributed by atoms with van der Waals surface area (Å²) in [6.07, 6.45) is 5.20. The summed E-state index contributed by atoms with van der Waals surface area (Å²) < 4.78 is 2.87. The molecule has 3 aromatic heterocycles. The van der Waals surface area contributed by atoms with Crippen molar-refractivity contribution >= 4 is 46.3 Å². The largest absolute Gasteiger partial charge is 0.263 e. The highest BCUT2D eigenvalue weighted by molar-refractivity contribution is 8.01. The highest BCUT2D eigenvalue weighted by Crippen LogP contribution is 2.41. The van der Waals surface area contributed by atoms with Gasteiger partial charge in [0.25, 0.3) is 0 Å². The number of benzene rings is 1. The lowest BCUT2D eigenvalue weighted by Crippen LogP contribution is -1.94. The van der Waals surface area contributed by atoms with E-state index in [1.165, 1.54) is 0 Å². The molecule has 4 rings (SSSR count). The Morgan fingerprint density at radius 2 is 1.94 bits per heavy atom. The van der Waals surface area contributed by atoms with Crippen LogP contribution >= 0.6 is 46.3 Å². The lowest BCUT2D eigenvalue weighted by Gasteiger charge is -2.05.